The lowest BCUT2D eigenvalue weighted by atomic mass is 10.1. The van der Waals surface area contributed by atoms with Crippen LogP contribution in [0, 0.1) is 10.1 Å². The maximum Gasteiger partial charge on any atom is 0.280 e. The van der Waals surface area contributed by atoms with Crippen molar-refractivity contribution in [1.82, 2.24) is 10.6 Å². The van der Waals surface area contributed by atoms with Gasteiger partial charge in [-0.1, -0.05) is 0 Å². The van der Waals surface area contributed by atoms with E-state index in [-0.39, 0.29) is 23.8 Å². The van der Waals surface area contributed by atoms with Crippen LogP contribution >= 0.6 is 0 Å². The van der Waals surface area contributed by atoms with Gasteiger partial charge in [0.1, 0.15) is 6.17 Å². The third-order valence-electron chi connectivity index (χ3n) is 2.50. The highest BCUT2D eigenvalue weighted by atomic mass is 16.7. The van der Waals surface area contributed by atoms with Gasteiger partial charge >= 0.3 is 0 Å². The number of nitro benzene ring substituents is 1. The van der Waals surface area contributed by atoms with Crippen LogP contribution in [0.25, 0.3) is 0 Å². The number of hydrogen-bond donors (Lipinski definition) is 2. The molecule has 0 saturated carbocycles. The number of carbonyl (C=O) groups is 2. The molecule has 100 valence electrons. The second-order valence-electron chi connectivity index (χ2n) is 3.52. The third-order valence-corrected chi connectivity index (χ3v) is 2.50. The molecule has 9 nitrogen and oxygen atoms in total. The molecular weight excluding hydrogens is 258 g/mol. The minimum atomic E-state index is -1.02. The van der Waals surface area contributed by atoms with E-state index in [0.717, 1.165) is 0 Å². The van der Waals surface area contributed by atoms with Crippen LogP contribution < -0.4 is 20.1 Å². The lowest BCUT2D eigenvalue weighted by Crippen LogP contribution is -2.33. The Bertz CT molecular complexity index is 522. The molecule has 0 radical (unpaired) electrons. The van der Waals surface area contributed by atoms with Gasteiger partial charge in [0.05, 0.1) is 16.6 Å². The fourth-order valence-corrected chi connectivity index (χ4v) is 1.70. The molecule has 0 atom stereocenters. The highest BCUT2D eigenvalue weighted by molar-refractivity contribution is 5.60. The molecule has 1 aliphatic rings. The Morgan fingerprint density at radius 2 is 1.79 bits per heavy atom. The molecule has 1 aromatic rings. The van der Waals surface area contributed by atoms with Crippen LogP contribution in [0.4, 0.5) is 5.69 Å². The Hall–Kier alpha value is -2.84. The quantitative estimate of drug-likeness (QED) is 0.319. The standard InChI is InChI=1S/C10H9N3O6/c14-3-11-10(12-4-15)6-1-8-9(19-5-18-8)2-7(6)13(16)17/h1-4,10H,5H2,(H,11,14)(H,12,15). The molecule has 9 heteroatoms. The smallest absolute Gasteiger partial charge is 0.280 e. The summed E-state index contributed by atoms with van der Waals surface area (Å²) in [5, 5.41) is 15.5. The number of nitro groups is 1. The number of benzene rings is 1. The van der Waals surface area contributed by atoms with Crippen molar-refractivity contribution in [1.29, 1.82) is 0 Å². The Balaban J connectivity index is 2.49. The van der Waals surface area contributed by atoms with Crippen molar-refractivity contribution in [2.24, 2.45) is 0 Å². The summed E-state index contributed by atoms with van der Waals surface area (Å²) in [5.74, 6) is 0.553. The number of fused-ring (bicyclic) bond motifs is 1. The molecule has 1 aliphatic heterocycles. The normalized spacial score (nSPS) is 12.1. The topological polar surface area (TPSA) is 120 Å². The van der Waals surface area contributed by atoms with E-state index >= 15 is 0 Å². The Kier molecular flexibility index (Phi) is 3.46. The summed E-state index contributed by atoms with van der Waals surface area (Å²) in [6.07, 6.45) is -0.366. The summed E-state index contributed by atoms with van der Waals surface area (Å²) in [6.45, 7) is -0.0389. The molecule has 2 N–H and O–H groups in total. The van der Waals surface area contributed by atoms with Crippen molar-refractivity contribution in [3.8, 4) is 11.5 Å². The van der Waals surface area contributed by atoms with Gasteiger partial charge in [-0.15, -0.1) is 0 Å². The maximum atomic E-state index is 11.0. The van der Waals surface area contributed by atoms with Gasteiger partial charge < -0.3 is 20.1 Å². The molecule has 0 fully saturated rings. The molecular formula is C10H9N3O6. The Labute approximate surface area is 106 Å². The van der Waals surface area contributed by atoms with Gasteiger partial charge in [-0.25, -0.2) is 0 Å². The number of rotatable bonds is 6. The minimum absolute atomic E-state index is 0.0389. The number of hydrogen-bond acceptors (Lipinski definition) is 6. The summed E-state index contributed by atoms with van der Waals surface area (Å²) >= 11 is 0. The molecule has 2 amide bonds. The van der Waals surface area contributed by atoms with Crippen molar-refractivity contribution in [3.05, 3.63) is 27.8 Å². The molecule has 0 aliphatic carbocycles. The Morgan fingerprint density at radius 3 is 2.32 bits per heavy atom. The monoisotopic (exact) mass is 267 g/mol. The van der Waals surface area contributed by atoms with Gasteiger partial charge in [-0.05, 0) is 6.07 Å². The highest BCUT2D eigenvalue weighted by Crippen LogP contribution is 2.39. The lowest BCUT2D eigenvalue weighted by molar-refractivity contribution is -0.385. The van der Waals surface area contributed by atoms with E-state index in [1.807, 2.05) is 0 Å². The average Bonchev–Trinajstić information content (AvgIpc) is 2.84. The van der Waals surface area contributed by atoms with E-state index in [0.29, 0.717) is 18.6 Å². The molecule has 0 aromatic heterocycles. The molecule has 0 saturated heterocycles. The van der Waals surface area contributed by atoms with E-state index in [2.05, 4.69) is 10.6 Å². The second kappa shape index (κ2) is 5.21. The van der Waals surface area contributed by atoms with Crippen molar-refractivity contribution >= 4 is 18.5 Å². The zero-order valence-electron chi connectivity index (χ0n) is 9.49. The minimum Gasteiger partial charge on any atom is -0.454 e. The number of nitrogens with one attached hydrogen (secondary N) is 2. The van der Waals surface area contributed by atoms with Gasteiger partial charge in [0.15, 0.2) is 11.5 Å². The van der Waals surface area contributed by atoms with Crippen molar-refractivity contribution in [2.45, 2.75) is 6.17 Å². The van der Waals surface area contributed by atoms with Gasteiger partial charge in [-0.2, -0.15) is 0 Å². The first-order chi connectivity index (χ1) is 9.17. The number of nitrogens with zero attached hydrogens (tertiary/aromatic N) is 1. The maximum absolute atomic E-state index is 11.0. The number of amides is 2. The molecule has 1 aromatic carbocycles. The van der Waals surface area contributed by atoms with Gasteiger partial charge in [0, 0.05) is 0 Å². The van der Waals surface area contributed by atoms with E-state index in [9.17, 15) is 19.7 Å². The predicted octanol–water partition coefficient (Wildman–Crippen LogP) is -0.186. The third kappa shape index (κ3) is 2.39. The zero-order chi connectivity index (χ0) is 13.8. The van der Waals surface area contributed by atoms with Crippen LogP contribution in [-0.2, 0) is 9.59 Å². The van der Waals surface area contributed by atoms with Crippen LogP contribution in [0.2, 0.25) is 0 Å². The van der Waals surface area contributed by atoms with Crippen LogP contribution in [0.15, 0.2) is 12.1 Å². The second-order valence-corrected chi connectivity index (χ2v) is 3.52. The largest absolute Gasteiger partial charge is 0.454 e. The first-order valence-corrected chi connectivity index (χ1v) is 5.14. The lowest BCUT2D eigenvalue weighted by Gasteiger charge is -2.15. The first-order valence-electron chi connectivity index (χ1n) is 5.14. The molecule has 1 heterocycles. The predicted molar refractivity (Wildman–Crippen MR) is 60.4 cm³/mol. The molecule has 0 unspecified atom stereocenters. The van der Waals surface area contributed by atoms with Crippen LogP contribution in [0.3, 0.4) is 0 Å². The van der Waals surface area contributed by atoms with E-state index < -0.39 is 11.1 Å². The summed E-state index contributed by atoms with van der Waals surface area (Å²) in [5.41, 5.74) is -0.202. The van der Waals surface area contributed by atoms with Crippen molar-refractivity contribution in [3.63, 3.8) is 0 Å². The fourth-order valence-electron chi connectivity index (χ4n) is 1.70. The van der Waals surface area contributed by atoms with Gasteiger partial charge in [0.25, 0.3) is 5.69 Å². The van der Waals surface area contributed by atoms with Gasteiger partial charge in [-0.3, -0.25) is 19.7 Å². The molecule has 0 spiro atoms. The Morgan fingerprint density at radius 1 is 1.21 bits per heavy atom. The van der Waals surface area contributed by atoms with Crippen LogP contribution in [-0.4, -0.2) is 24.5 Å². The molecule has 2 rings (SSSR count). The van der Waals surface area contributed by atoms with E-state index in [1.165, 1.54) is 12.1 Å². The fraction of sp³-hybridized carbons (Fsp3) is 0.200. The molecule has 0 bridgehead atoms. The summed E-state index contributed by atoms with van der Waals surface area (Å²) in [6, 6.07) is 2.53. The summed E-state index contributed by atoms with van der Waals surface area (Å²) < 4.78 is 10.1. The van der Waals surface area contributed by atoms with Crippen LogP contribution in [0.1, 0.15) is 11.7 Å². The zero-order valence-corrected chi connectivity index (χ0v) is 9.49. The highest BCUT2D eigenvalue weighted by Gasteiger charge is 2.27. The number of carbonyl (C=O) groups excluding carboxylic acids is 2. The van der Waals surface area contributed by atoms with E-state index in [4.69, 9.17) is 9.47 Å². The summed E-state index contributed by atoms with van der Waals surface area (Å²) in [7, 11) is 0. The van der Waals surface area contributed by atoms with Gasteiger partial charge in [0.2, 0.25) is 19.6 Å². The first kappa shape index (κ1) is 12.6. The van der Waals surface area contributed by atoms with Crippen molar-refractivity contribution in [2.75, 3.05) is 6.79 Å². The SMILES string of the molecule is O=CNC(NC=O)c1cc2c(cc1[N+](=O)[O-])OCO2. The van der Waals surface area contributed by atoms with E-state index in [1.54, 1.807) is 0 Å². The average molecular weight is 267 g/mol. The summed E-state index contributed by atoms with van der Waals surface area (Å²) in [4.78, 5) is 31.3. The van der Waals surface area contributed by atoms with Crippen LogP contribution in [0.5, 0.6) is 11.5 Å². The molecule has 19 heavy (non-hydrogen) atoms. The van der Waals surface area contributed by atoms with Crippen molar-refractivity contribution < 1.29 is 24.0 Å². The number of ether oxygens (including phenoxy) is 2.